The molecular formula is C8H17NO2. The van der Waals surface area contributed by atoms with E-state index in [1.165, 1.54) is 0 Å². The van der Waals surface area contributed by atoms with Gasteiger partial charge in [0.1, 0.15) is 5.60 Å². The van der Waals surface area contributed by atoms with Crippen molar-refractivity contribution in [2.45, 2.75) is 31.5 Å². The summed E-state index contributed by atoms with van der Waals surface area (Å²) in [6.45, 7) is 4.77. The number of piperidine rings is 1. The molecule has 0 aromatic rings. The Morgan fingerprint density at radius 1 is 1.18 bits per heavy atom. The lowest BCUT2D eigenvalue weighted by atomic mass is 9.80. The molecule has 0 saturated carbocycles. The van der Waals surface area contributed by atoms with E-state index in [0.717, 1.165) is 6.54 Å². The number of hydrogen-bond acceptors (Lipinski definition) is 3. The fourth-order valence-electron chi connectivity index (χ4n) is 1.45. The molecule has 3 heteroatoms. The van der Waals surface area contributed by atoms with E-state index in [0.29, 0.717) is 13.0 Å². The average molecular weight is 159 g/mol. The van der Waals surface area contributed by atoms with Gasteiger partial charge in [0.2, 0.25) is 0 Å². The summed E-state index contributed by atoms with van der Waals surface area (Å²) in [6.07, 6.45) is 0.635. The molecule has 66 valence electrons. The monoisotopic (exact) mass is 159 g/mol. The van der Waals surface area contributed by atoms with Gasteiger partial charge in [-0.1, -0.05) is 0 Å². The Bertz CT molecular complexity index is 154. The van der Waals surface area contributed by atoms with Gasteiger partial charge in [0.25, 0.3) is 0 Å². The van der Waals surface area contributed by atoms with Crippen molar-refractivity contribution in [1.82, 2.24) is 4.90 Å². The second-order valence-electron chi connectivity index (χ2n) is 4.04. The first-order chi connectivity index (χ1) is 4.85. The van der Waals surface area contributed by atoms with Gasteiger partial charge in [-0.3, -0.25) is 0 Å². The SMILES string of the molecule is CN1CCC(C)(O)C(C)(O)C1. The van der Waals surface area contributed by atoms with E-state index in [1.807, 2.05) is 11.9 Å². The average Bonchev–Trinajstić information content (AvgIpc) is 1.80. The molecule has 2 unspecified atom stereocenters. The van der Waals surface area contributed by atoms with Gasteiger partial charge in [-0.25, -0.2) is 0 Å². The van der Waals surface area contributed by atoms with E-state index < -0.39 is 11.2 Å². The van der Waals surface area contributed by atoms with E-state index in [4.69, 9.17) is 0 Å². The first-order valence-corrected chi connectivity index (χ1v) is 3.98. The Hall–Kier alpha value is -0.120. The highest BCUT2D eigenvalue weighted by molar-refractivity contribution is 4.98. The number of aliphatic hydroxyl groups is 2. The van der Waals surface area contributed by atoms with Crippen LogP contribution >= 0.6 is 0 Å². The van der Waals surface area contributed by atoms with Gasteiger partial charge in [-0.05, 0) is 27.3 Å². The minimum atomic E-state index is -0.972. The summed E-state index contributed by atoms with van der Waals surface area (Å²) in [5.41, 5.74) is -1.90. The van der Waals surface area contributed by atoms with Crippen LogP contribution in [0, 0.1) is 0 Å². The molecule has 0 aromatic carbocycles. The third-order valence-corrected chi connectivity index (χ3v) is 2.72. The Labute approximate surface area is 67.6 Å². The van der Waals surface area contributed by atoms with Crippen molar-refractivity contribution in [3.8, 4) is 0 Å². The maximum atomic E-state index is 9.78. The van der Waals surface area contributed by atoms with Crippen LogP contribution < -0.4 is 0 Å². The van der Waals surface area contributed by atoms with Crippen LogP contribution in [0.25, 0.3) is 0 Å². The fourth-order valence-corrected chi connectivity index (χ4v) is 1.45. The smallest absolute Gasteiger partial charge is 0.103 e. The van der Waals surface area contributed by atoms with Crippen molar-refractivity contribution in [3.05, 3.63) is 0 Å². The van der Waals surface area contributed by atoms with Crippen molar-refractivity contribution in [3.63, 3.8) is 0 Å². The third kappa shape index (κ3) is 1.55. The quantitative estimate of drug-likeness (QED) is 0.515. The van der Waals surface area contributed by atoms with Crippen LogP contribution in [0.2, 0.25) is 0 Å². The molecule has 1 saturated heterocycles. The van der Waals surface area contributed by atoms with Crippen LogP contribution in [-0.4, -0.2) is 46.5 Å². The summed E-state index contributed by atoms with van der Waals surface area (Å²) in [5, 5.41) is 19.5. The number of rotatable bonds is 0. The summed E-state index contributed by atoms with van der Waals surface area (Å²) in [4.78, 5) is 2.03. The lowest BCUT2D eigenvalue weighted by Crippen LogP contribution is -2.61. The molecule has 0 aliphatic carbocycles. The van der Waals surface area contributed by atoms with Crippen LogP contribution in [0.3, 0.4) is 0 Å². The fraction of sp³-hybridized carbons (Fsp3) is 1.00. The van der Waals surface area contributed by atoms with Gasteiger partial charge in [-0.2, -0.15) is 0 Å². The number of nitrogens with zero attached hydrogens (tertiary/aromatic N) is 1. The molecule has 0 amide bonds. The van der Waals surface area contributed by atoms with Gasteiger partial charge in [0.05, 0.1) is 5.60 Å². The van der Waals surface area contributed by atoms with E-state index in [2.05, 4.69) is 0 Å². The van der Waals surface area contributed by atoms with Crippen molar-refractivity contribution in [1.29, 1.82) is 0 Å². The molecule has 1 heterocycles. The highest BCUT2D eigenvalue weighted by atomic mass is 16.4. The zero-order valence-corrected chi connectivity index (χ0v) is 7.46. The van der Waals surface area contributed by atoms with Gasteiger partial charge in [0, 0.05) is 13.1 Å². The molecule has 0 aromatic heterocycles. The molecule has 0 radical (unpaired) electrons. The lowest BCUT2D eigenvalue weighted by molar-refractivity contribution is -0.166. The summed E-state index contributed by atoms with van der Waals surface area (Å²) >= 11 is 0. The molecule has 1 aliphatic heterocycles. The molecule has 1 rings (SSSR count). The van der Waals surface area contributed by atoms with Crippen LogP contribution in [0.15, 0.2) is 0 Å². The molecule has 1 aliphatic rings. The minimum absolute atomic E-state index is 0.542. The van der Waals surface area contributed by atoms with Crippen molar-refractivity contribution < 1.29 is 10.2 Å². The molecule has 11 heavy (non-hydrogen) atoms. The van der Waals surface area contributed by atoms with Gasteiger partial charge in [-0.15, -0.1) is 0 Å². The topological polar surface area (TPSA) is 43.7 Å². The molecule has 1 fully saturated rings. The number of likely N-dealkylation sites (N-methyl/N-ethyl adjacent to an activating group) is 1. The van der Waals surface area contributed by atoms with Gasteiger partial charge >= 0.3 is 0 Å². The number of likely N-dealkylation sites (tertiary alicyclic amines) is 1. The summed E-state index contributed by atoms with van der Waals surface area (Å²) in [6, 6.07) is 0. The predicted molar refractivity (Wildman–Crippen MR) is 43.4 cm³/mol. The second-order valence-corrected chi connectivity index (χ2v) is 4.04. The standard InChI is InChI=1S/C8H17NO2/c1-7(10)4-5-9(3)6-8(7,2)11/h10-11H,4-6H2,1-3H3. The van der Waals surface area contributed by atoms with E-state index in [-0.39, 0.29) is 0 Å². The lowest BCUT2D eigenvalue weighted by Gasteiger charge is -2.45. The van der Waals surface area contributed by atoms with Crippen LogP contribution in [0.1, 0.15) is 20.3 Å². The number of β-amino-alcohol motifs (C(OH)–C–C–N with tert-alkyl or cyclic N) is 1. The van der Waals surface area contributed by atoms with Crippen LogP contribution in [0.4, 0.5) is 0 Å². The number of hydrogen-bond donors (Lipinski definition) is 2. The highest BCUT2D eigenvalue weighted by Gasteiger charge is 2.45. The van der Waals surface area contributed by atoms with Crippen LogP contribution in [0.5, 0.6) is 0 Å². The van der Waals surface area contributed by atoms with Crippen molar-refractivity contribution >= 4 is 0 Å². The molecule has 2 N–H and O–H groups in total. The second kappa shape index (κ2) is 2.44. The maximum absolute atomic E-state index is 9.78. The van der Waals surface area contributed by atoms with Crippen molar-refractivity contribution in [2.75, 3.05) is 20.1 Å². The zero-order chi connectivity index (χ0) is 8.70. The molecule has 2 atom stereocenters. The molecule has 3 nitrogen and oxygen atoms in total. The first-order valence-electron chi connectivity index (χ1n) is 3.98. The molecule has 0 bridgehead atoms. The predicted octanol–water partition coefficient (Wildman–Crippen LogP) is -0.176. The first kappa shape index (κ1) is 8.97. The summed E-state index contributed by atoms with van der Waals surface area (Å²) in [5.74, 6) is 0. The highest BCUT2D eigenvalue weighted by Crippen LogP contribution is 2.29. The Kier molecular flexibility index (Phi) is 1.99. The summed E-state index contributed by atoms with van der Waals surface area (Å²) < 4.78 is 0. The largest absolute Gasteiger partial charge is 0.387 e. The molecule has 0 spiro atoms. The van der Waals surface area contributed by atoms with Gasteiger partial charge < -0.3 is 15.1 Å². The van der Waals surface area contributed by atoms with E-state index in [9.17, 15) is 10.2 Å². The minimum Gasteiger partial charge on any atom is -0.387 e. The Morgan fingerprint density at radius 2 is 1.73 bits per heavy atom. The maximum Gasteiger partial charge on any atom is 0.103 e. The third-order valence-electron chi connectivity index (χ3n) is 2.72. The Morgan fingerprint density at radius 3 is 2.09 bits per heavy atom. The molecular weight excluding hydrogens is 142 g/mol. The Balaban J connectivity index is 2.72. The van der Waals surface area contributed by atoms with Crippen LogP contribution in [-0.2, 0) is 0 Å². The van der Waals surface area contributed by atoms with E-state index >= 15 is 0 Å². The van der Waals surface area contributed by atoms with E-state index in [1.54, 1.807) is 13.8 Å². The van der Waals surface area contributed by atoms with Gasteiger partial charge in [0.15, 0.2) is 0 Å². The van der Waals surface area contributed by atoms with Crippen molar-refractivity contribution in [2.24, 2.45) is 0 Å². The zero-order valence-electron chi connectivity index (χ0n) is 7.46. The summed E-state index contributed by atoms with van der Waals surface area (Å²) in [7, 11) is 1.95. The normalized spacial score (nSPS) is 47.7.